The van der Waals surface area contributed by atoms with Crippen LogP contribution in [-0.4, -0.2) is 40.5 Å². The van der Waals surface area contributed by atoms with Crippen LogP contribution in [0.5, 0.6) is 11.5 Å². The molecule has 1 amide bonds. The highest BCUT2D eigenvalue weighted by atomic mass is 127. The summed E-state index contributed by atoms with van der Waals surface area (Å²) in [5.41, 5.74) is 1.08. The van der Waals surface area contributed by atoms with Crippen LogP contribution in [0.4, 0.5) is 32.7 Å². The molecule has 40 heavy (non-hydrogen) atoms. The van der Waals surface area contributed by atoms with Crippen molar-refractivity contribution in [1.82, 2.24) is 14.5 Å². The van der Waals surface area contributed by atoms with Crippen LogP contribution in [0.3, 0.4) is 0 Å². The van der Waals surface area contributed by atoms with Gasteiger partial charge < -0.3 is 14.2 Å². The number of nitrogens with one attached hydrogen (secondary N) is 1. The first-order valence-corrected chi connectivity index (χ1v) is 12.8. The molecule has 0 unspecified atom stereocenters. The van der Waals surface area contributed by atoms with Crippen molar-refractivity contribution in [2.24, 2.45) is 0 Å². The number of anilines is 1. The predicted octanol–water partition coefficient (Wildman–Crippen LogP) is 6.89. The van der Waals surface area contributed by atoms with Crippen LogP contribution < -0.4 is 14.8 Å². The second kappa shape index (κ2) is 11.8. The van der Waals surface area contributed by atoms with E-state index in [1.807, 2.05) is 6.07 Å². The number of imidazole rings is 1. The summed E-state index contributed by atoms with van der Waals surface area (Å²) in [5.74, 6) is -4.04. The molecule has 0 saturated carbocycles. The Morgan fingerprint density at radius 3 is 2.38 bits per heavy atom. The molecule has 0 radical (unpaired) electrons. The number of aromatic nitrogens is 3. The molecule has 4 aromatic rings. The minimum Gasteiger partial charge on any atom is -0.493 e. The van der Waals surface area contributed by atoms with Crippen LogP contribution in [0.15, 0.2) is 54.7 Å². The van der Waals surface area contributed by atoms with Gasteiger partial charge in [0.25, 0.3) is 0 Å². The zero-order valence-electron chi connectivity index (χ0n) is 21.1. The van der Waals surface area contributed by atoms with Gasteiger partial charge in [0.1, 0.15) is 12.1 Å². The lowest BCUT2D eigenvalue weighted by atomic mass is 10.1. The molecular weight excluding hydrogens is 654 g/mol. The molecule has 1 N–H and O–H groups in total. The summed E-state index contributed by atoms with van der Waals surface area (Å²) in [6, 6.07) is 10.6. The summed E-state index contributed by atoms with van der Waals surface area (Å²) < 4.78 is 83.6. The molecule has 2 aromatic carbocycles. The third-order valence-corrected chi connectivity index (χ3v) is 6.27. The highest BCUT2D eigenvalue weighted by Gasteiger charge is 2.58. The molecule has 2 aromatic heterocycles. The van der Waals surface area contributed by atoms with Gasteiger partial charge in [0.05, 0.1) is 20.3 Å². The van der Waals surface area contributed by atoms with E-state index < -0.39 is 23.8 Å². The number of hydrogen-bond acceptors (Lipinski definition) is 6. The number of carbonyl (C=O) groups excluding carboxylic acids is 1. The standard InChI is InChI=1S/C26H22F5IN4O4/c1-3-39-24(37)35-23-34-19-11-18(32)12-33-22(19)36(23)13-16-6-9-20(21(10-16)38-2)40-14-15-4-7-17(8-5-15)25(27,28)26(29,30)31/h4-12H,3,13-14H2,1-2H3,(H,34,35,37). The monoisotopic (exact) mass is 676 g/mol. The van der Waals surface area contributed by atoms with E-state index in [2.05, 4.69) is 37.9 Å². The van der Waals surface area contributed by atoms with Gasteiger partial charge in [0.2, 0.25) is 5.95 Å². The molecule has 0 fully saturated rings. The summed E-state index contributed by atoms with van der Waals surface area (Å²) in [4.78, 5) is 21.0. The van der Waals surface area contributed by atoms with E-state index in [9.17, 15) is 26.7 Å². The zero-order chi connectivity index (χ0) is 29.1. The van der Waals surface area contributed by atoms with Crippen molar-refractivity contribution in [1.29, 1.82) is 0 Å². The Kier molecular flexibility index (Phi) is 8.65. The SMILES string of the molecule is CCOC(=O)Nc1nc2cc(I)cnc2n1Cc1ccc(OCc2ccc(C(F)(F)C(F)(F)F)cc2)c(OC)c1. The molecule has 14 heteroatoms. The quantitative estimate of drug-likeness (QED) is 0.154. The normalized spacial score (nSPS) is 11.9. The summed E-state index contributed by atoms with van der Waals surface area (Å²) >= 11 is 2.11. The molecule has 0 saturated heterocycles. The molecule has 0 aliphatic heterocycles. The number of ether oxygens (including phenoxy) is 3. The second-order valence-electron chi connectivity index (χ2n) is 8.41. The van der Waals surface area contributed by atoms with Crippen molar-refractivity contribution in [3.8, 4) is 11.5 Å². The molecule has 2 heterocycles. The topological polar surface area (TPSA) is 87.5 Å². The minimum atomic E-state index is -5.69. The highest BCUT2D eigenvalue weighted by molar-refractivity contribution is 14.1. The van der Waals surface area contributed by atoms with Gasteiger partial charge in [0, 0.05) is 15.3 Å². The second-order valence-corrected chi connectivity index (χ2v) is 9.65. The Hall–Kier alpha value is -3.69. The number of amides is 1. The smallest absolute Gasteiger partial charge is 0.458 e. The van der Waals surface area contributed by atoms with Crippen molar-refractivity contribution in [2.75, 3.05) is 19.0 Å². The maximum Gasteiger partial charge on any atom is 0.458 e. The first-order valence-electron chi connectivity index (χ1n) is 11.7. The Morgan fingerprint density at radius 2 is 1.73 bits per heavy atom. The van der Waals surface area contributed by atoms with Crippen molar-refractivity contribution in [3.05, 3.63) is 75.0 Å². The molecule has 212 valence electrons. The number of rotatable bonds is 9. The number of methoxy groups -OCH3 is 1. The van der Waals surface area contributed by atoms with Crippen LogP contribution in [-0.2, 0) is 23.8 Å². The van der Waals surface area contributed by atoms with Crippen LogP contribution in [0.25, 0.3) is 11.2 Å². The molecule has 0 bridgehead atoms. The fourth-order valence-electron chi connectivity index (χ4n) is 3.74. The van der Waals surface area contributed by atoms with Crippen molar-refractivity contribution in [2.45, 2.75) is 32.2 Å². The molecule has 8 nitrogen and oxygen atoms in total. The van der Waals surface area contributed by atoms with E-state index in [1.54, 1.807) is 35.9 Å². The predicted molar refractivity (Wildman–Crippen MR) is 144 cm³/mol. The maximum absolute atomic E-state index is 13.5. The maximum atomic E-state index is 13.5. The fourth-order valence-corrected chi connectivity index (χ4v) is 4.17. The van der Waals surface area contributed by atoms with E-state index in [0.29, 0.717) is 28.2 Å². The first-order chi connectivity index (χ1) is 18.9. The number of halogens is 6. The summed E-state index contributed by atoms with van der Waals surface area (Å²) in [7, 11) is 1.43. The van der Waals surface area contributed by atoms with Crippen LogP contribution in [0.2, 0.25) is 0 Å². The number of carbonyl (C=O) groups is 1. The van der Waals surface area contributed by atoms with Gasteiger partial charge in [-0.05, 0) is 58.8 Å². The number of fused-ring (bicyclic) bond motifs is 1. The van der Waals surface area contributed by atoms with E-state index in [1.165, 1.54) is 7.11 Å². The van der Waals surface area contributed by atoms with Gasteiger partial charge in [0.15, 0.2) is 17.1 Å². The van der Waals surface area contributed by atoms with E-state index in [-0.39, 0.29) is 25.7 Å². The van der Waals surface area contributed by atoms with Crippen molar-refractivity contribution >= 4 is 45.8 Å². The minimum absolute atomic E-state index is 0.101. The van der Waals surface area contributed by atoms with Crippen LogP contribution in [0.1, 0.15) is 23.6 Å². The van der Waals surface area contributed by atoms with E-state index in [4.69, 9.17) is 14.2 Å². The molecule has 0 atom stereocenters. The van der Waals surface area contributed by atoms with Gasteiger partial charge in [-0.3, -0.25) is 9.88 Å². The van der Waals surface area contributed by atoms with Gasteiger partial charge >= 0.3 is 18.2 Å². The zero-order valence-corrected chi connectivity index (χ0v) is 23.2. The average molecular weight is 676 g/mol. The largest absolute Gasteiger partial charge is 0.493 e. The number of hydrogen-bond donors (Lipinski definition) is 1. The Balaban J connectivity index is 1.53. The van der Waals surface area contributed by atoms with Crippen molar-refractivity contribution in [3.63, 3.8) is 0 Å². The van der Waals surface area contributed by atoms with Crippen molar-refractivity contribution < 1.29 is 41.0 Å². The Labute approximate surface area is 238 Å². The fraction of sp³-hybridized carbons (Fsp3) is 0.269. The lowest BCUT2D eigenvalue weighted by molar-refractivity contribution is -0.289. The number of alkyl halides is 5. The third-order valence-electron chi connectivity index (χ3n) is 5.68. The highest BCUT2D eigenvalue weighted by Crippen LogP contribution is 2.43. The number of nitrogens with zero attached hydrogens (tertiary/aromatic N) is 3. The van der Waals surface area contributed by atoms with Gasteiger partial charge in [-0.1, -0.05) is 30.3 Å². The molecule has 0 aliphatic carbocycles. The summed E-state index contributed by atoms with van der Waals surface area (Å²) in [6.45, 7) is 2.02. The summed E-state index contributed by atoms with van der Waals surface area (Å²) in [5, 5.41) is 2.62. The van der Waals surface area contributed by atoms with Crippen LogP contribution >= 0.6 is 22.6 Å². The molecule has 0 aliphatic rings. The number of pyridine rings is 1. The Morgan fingerprint density at radius 1 is 1.02 bits per heavy atom. The molecule has 4 rings (SSSR count). The lowest BCUT2D eigenvalue weighted by Gasteiger charge is -2.20. The molecular formula is C26H22F5IN4O4. The van der Waals surface area contributed by atoms with E-state index in [0.717, 1.165) is 33.4 Å². The Bertz CT molecular complexity index is 1510. The molecule has 0 spiro atoms. The van der Waals surface area contributed by atoms with Gasteiger partial charge in [-0.25, -0.2) is 14.8 Å². The lowest BCUT2D eigenvalue weighted by Crippen LogP contribution is -2.33. The van der Waals surface area contributed by atoms with Gasteiger partial charge in [-0.2, -0.15) is 22.0 Å². The number of benzene rings is 2. The first kappa shape index (κ1) is 29.3. The average Bonchev–Trinajstić information content (AvgIpc) is 3.22. The van der Waals surface area contributed by atoms with Crippen LogP contribution in [0, 0.1) is 3.57 Å². The third kappa shape index (κ3) is 6.37. The summed E-state index contributed by atoms with van der Waals surface area (Å²) in [6.07, 6.45) is -4.68. The van der Waals surface area contributed by atoms with Gasteiger partial charge in [-0.15, -0.1) is 0 Å². The van der Waals surface area contributed by atoms with E-state index >= 15 is 0 Å².